The molecule has 4 fully saturated rings. The lowest BCUT2D eigenvalue weighted by molar-refractivity contribution is -0.235. The molecule has 8 heteroatoms. The summed E-state index contributed by atoms with van der Waals surface area (Å²) in [6, 6.07) is 7.53. The molecular weight excluding hydrogens is 364 g/mol. The SMILES string of the molecule is CN1C[C@H]2[C@@H]3O[C@H]4OC(C)(C)O[C@H]4[C@@H]3OC(=O)[C@H]2[C@@]12C(=O)Nc1ccccc12. The van der Waals surface area contributed by atoms with E-state index in [4.69, 9.17) is 18.9 Å². The van der Waals surface area contributed by atoms with Crippen molar-refractivity contribution in [3.8, 4) is 0 Å². The number of fused-ring (bicyclic) bond motifs is 8. The first-order valence-corrected chi connectivity index (χ1v) is 9.67. The molecule has 28 heavy (non-hydrogen) atoms. The van der Waals surface area contributed by atoms with E-state index in [2.05, 4.69) is 5.32 Å². The highest BCUT2D eigenvalue weighted by molar-refractivity contribution is 6.08. The first-order chi connectivity index (χ1) is 13.3. The molecule has 0 radical (unpaired) electrons. The molecule has 0 unspecified atom stereocenters. The molecule has 5 aliphatic rings. The van der Waals surface area contributed by atoms with Crippen LogP contribution in [0.2, 0.25) is 0 Å². The molecule has 0 aromatic heterocycles. The average Bonchev–Trinajstić information content (AvgIpc) is 3.29. The summed E-state index contributed by atoms with van der Waals surface area (Å²) in [6.07, 6.45) is -1.90. The Balaban J connectivity index is 1.42. The molecule has 148 valence electrons. The first-order valence-electron chi connectivity index (χ1n) is 9.67. The van der Waals surface area contributed by atoms with E-state index in [0.29, 0.717) is 6.54 Å². The summed E-state index contributed by atoms with van der Waals surface area (Å²) in [6.45, 7) is 4.18. The van der Waals surface area contributed by atoms with Gasteiger partial charge in [-0.3, -0.25) is 14.5 Å². The second-order valence-corrected chi connectivity index (χ2v) is 8.76. The third kappa shape index (κ3) is 1.84. The van der Waals surface area contributed by atoms with Gasteiger partial charge in [-0.25, -0.2) is 0 Å². The predicted molar refractivity (Wildman–Crippen MR) is 94.9 cm³/mol. The quantitative estimate of drug-likeness (QED) is 0.661. The largest absolute Gasteiger partial charge is 0.456 e. The van der Waals surface area contributed by atoms with E-state index in [1.807, 2.05) is 50.1 Å². The number of hydrogen-bond donors (Lipinski definition) is 1. The van der Waals surface area contributed by atoms with E-state index in [0.717, 1.165) is 11.3 Å². The molecule has 1 amide bonds. The number of rotatable bonds is 0. The van der Waals surface area contributed by atoms with E-state index in [1.54, 1.807) is 0 Å². The number of carbonyl (C=O) groups is 2. The molecule has 0 saturated carbocycles. The van der Waals surface area contributed by atoms with Gasteiger partial charge in [0.1, 0.15) is 11.6 Å². The first kappa shape index (κ1) is 16.9. The molecule has 1 aromatic carbocycles. The van der Waals surface area contributed by atoms with Crippen LogP contribution in [0.15, 0.2) is 24.3 Å². The summed E-state index contributed by atoms with van der Waals surface area (Å²) < 4.78 is 23.8. The topological polar surface area (TPSA) is 86.3 Å². The Morgan fingerprint density at radius 2 is 1.89 bits per heavy atom. The maximum atomic E-state index is 13.2. The number of nitrogens with one attached hydrogen (secondary N) is 1. The number of anilines is 1. The molecular formula is C20H22N2O6. The molecule has 8 nitrogen and oxygen atoms in total. The number of hydrogen-bond acceptors (Lipinski definition) is 7. The normalized spacial score (nSPS) is 45.4. The van der Waals surface area contributed by atoms with Crippen LogP contribution in [0.4, 0.5) is 5.69 Å². The van der Waals surface area contributed by atoms with Crippen LogP contribution in [-0.2, 0) is 34.1 Å². The van der Waals surface area contributed by atoms with Crippen LogP contribution >= 0.6 is 0 Å². The minimum atomic E-state index is -1.08. The molecule has 0 bridgehead atoms. The number of esters is 1. The van der Waals surface area contributed by atoms with Crippen LogP contribution in [0.25, 0.3) is 0 Å². The molecule has 1 spiro atoms. The standard InChI is InChI=1S/C20H22N2O6/c1-19(2)27-15-14-13(26-17(15)28-19)9-8-22(3)20(12(9)16(23)25-14)10-6-4-5-7-11(10)21-18(20)24/h4-7,9,12-15,17H,8H2,1-3H3,(H,21,24)/t9-,12+,13+,14-,15+,17+,20+/m1/s1. The van der Waals surface area contributed by atoms with Gasteiger partial charge < -0.3 is 24.3 Å². The van der Waals surface area contributed by atoms with Gasteiger partial charge in [-0.05, 0) is 27.0 Å². The Kier molecular flexibility index (Phi) is 3.10. The second kappa shape index (κ2) is 5.13. The zero-order chi connectivity index (χ0) is 19.4. The number of nitrogens with zero attached hydrogens (tertiary/aromatic N) is 1. The molecule has 7 atom stereocenters. The van der Waals surface area contributed by atoms with Crippen LogP contribution in [0.1, 0.15) is 19.4 Å². The Morgan fingerprint density at radius 3 is 2.71 bits per heavy atom. The van der Waals surface area contributed by atoms with Gasteiger partial charge in [0.2, 0.25) is 0 Å². The summed E-state index contributed by atoms with van der Waals surface area (Å²) >= 11 is 0. The van der Waals surface area contributed by atoms with E-state index >= 15 is 0 Å². The van der Waals surface area contributed by atoms with Gasteiger partial charge in [-0.15, -0.1) is 0 Å². The van der Waals surface area contributed by atoms with Crippen molar-refractivity contribution in [2.24, 2.45) is 11.8 Å². The van der Waals surface area contributed by atoms with Crippen molar-refractivity contribution in [1.29, 1.82) is 0 Å². The Bertz CT molecular complexity index is 902. The van der Waals surface area contributed by atoms with Crippen molar-refractivity contribution in [2.45, 2.75) is 49.8 Å². The number of likely N-dealkylation sites (N-methyl/N-ethyl adjacent to an activating group) is 1. The predicted octanol–water partition coefficient (Wildman–Crippen LogP) is 0.814. The Hall–Kier alpha value is -2.00. The molecule has 0 aliphatic carbocycles. The van der Waals surface area contributed by atoms with E-state index in [1.165, 1.54) is 0 Å². The zero-order valence-corrected chi connectivity index (χ0v) is 15.9. The van der Waals surface area contributed by atoms with Crippen molar-refractivity contribution in [3.05, 3.63) is 29.8 Å². The maximum Gasteiger partial charge on any atom is 0.312 e. The van der Waals surface area contributed by atoms with Crippen LogP contribution in [0.5, 0.6) is 0 Å². The average molecular weight is 386 g/mol. The summed E-state index contributed by atoms with van der Waals surface area (Å²) in [5, 5.41) is 2.95. The van der Waals surface area contributed by atoms with Gasteiger partial charge >= 0.3 is 5.97 Å². The van der Waals surface area contributed by atoms with Crippen molar-refractivity contribution in [1.82, 2.24) is 4.90 Å². The van der Waals surface area contributed by atoms with Crippen molar-refractivity contribution in [3.63, 3.8) is 0 Å². The number of carbonyl (C=O) groups excluding carboxylic acids is 2. The van der Waals surface area contributed by atoms with Crippen molar-refractivity contribution < 1.29 is 28.5 Å². The lowest BCUT2D eigenvalue weighted by Crippen LogP contribution is -2.57. The monoisotopic (exact) mass is 386 g/mol. The van der Waals surface area contributed by atoms with E-state index in [-0.39, 0.29) is 23.9 Å². The molecule has 5 heterocycles. The summed E-state index contributed by atoms with van der Waals surface area (Å²) in [4.78, 5) is 28.4. The minimum Gasteiger partial charge on any atom is -0.456 e. The van der Waals surface area contributed by atoms with Gasteiger partial charge in [-0.2, -0.15) is 0 Å². The summed E-state index contributed by atoms with van der Waals surface area (Å²) in [5.74, 6) is -2.17. The third-order valence-electron chi connectivity index (χ3n) is 6.85. The number of para-hydroxylation sites is 1. The third-order valence-corrected chi connectivity index (χ3v) is 6.85. The Labute approximate surface area is 162 Å². The maximum absolute atomic E-state index is 13.2. The lowest BCUT2D eigenvalue weighted by Gasteiger charge is -2.40. The molecule has 5 aliphatic heterocycles. The molecule has 4 saturated heterocycles. The number of ether oxygens (including phenoxy) is 4. The van der Waals surface area contributed by atoms with Gasteiger partial charge in [0.15, 0.2) is 24.3 Å². The number of likely N-dealkylation sites (tertiary alicyclic amines) is 1. The zero-order valence-electron chi connectivity index (χ0n) is 15.9. The molecule has 6 rings (SSSR count). The number of amides is 1. The van der Waals surface area contributed by atoms with Crippen LogP contribution in [0, 0.1) is 11.8 Å². The lowest BCUT2D eigenvalue weighted by atomic mass is 9.72. The van der Waals surface area contributed by atoms with Crippen LogP contribution in [-0.4, -0.2) is 60.8 Å². The minimum absolute atomic E-state index is 0.186. The van der Waals surface area contributed by atoms with Gasteiger partial charge in [-0.1, -0.05) is 18.2 Å². The highest BCUT2D eigenvalue weighted by Gasteiger charge is 2.72. The molecule has 1 aromatic rings. The van der Waals surface area contributed by atoms with Gasteiger partial charge in [0.05, 0.1) is 5.92 Å². The Morgan fingerprint density at radius 1 is 1.11 bits per heavy atom. The van der Waals surface area contributed by atoms with Crippen molar-refractivity contribution >= 4 is 17.6 Å². The highest BCUT2D eigenvalue weighted by atomic mass is 16.8. The van der Waals surface area contributed by atoms with Crippen LogP contribution in [0.3, 0.4) is 0 Å². The van der Waals surface area contributed by atoms with E-state index in [9.17, 15) is 9.59 Å². The van der Waals surface area contributed by atoms with Crippen molar-refractivity contribution in [2.75, 3.05) is 18.9 Å². The smallest absolute Gasteiger partial charge is 0.312 e. The molecule has 1 N–H and O–H groups in total. The van der Waals surface area contributed by atoms with Gasteiger partial charge in [0.25, 0.3) is 5.91 Å². The van der Waals surface area contributed by atoms with Gasteiger partial charge in [0, 0.05) is 23.7 Å². The fraction of sp³-hybridized carbons (Fsp3) is 0.600. The van der Waals surface area contributed by atoms with E-state index < -0.39 is 35.7 Å². The summed E-state index contributed by atoms with van der Waals surface area (Å²) in [5.41, 5.74) is 0.482. The summed E-state index contributed by atoms with van der Waals surface area (Å²) in [7, 11) is 1.88. The van der Waals surface area contributed by atoms with Crippen LogP contribution < -0.4 is 5.32 Å². The second-order valence-electron chi connectivity index (χ2n) is 8.76. The number of benzene rings is 1. The fourth-order valence-corrected chi connectivity index (χ4v) is 5.89. The fourth-order valence-electron chi connectivity index (χ4n) is 5.89. The highest BCUT2D eigenvalue weighted by Crippen LogP contribution is 2.57.